The molecule has 5 rings (SSSR count). The first-order chi connectivity index (χ1) is 18.6. The third-order valence-corrected chi connectivity index (χ3v) is 7.30. The van der Waals surface area contributed by atoms with Gasteiger partial charge in [-0.25, -0.2) is 9.17 Å². The van der Waals surface area contributed by atoms with Gasteiger partial charge in [-0.15, -0.1) is 0 Å². The lowest BCUT2D eigenvalue weighted by atomic mass is 9.93. The summed E-state index contributed by atoms with van der Waals surface area (Å²) in [6, 6.07) is 11.8. The number of methoxy groups -OCH3 is 1. The Hall–Kier alpha value is -3.62. The number of nitrogens with zero attached hydrogens (tertiary/aromatic N) is 4. The lowest BCUT2D eigenvalue weighted by Crippen LogP contribution is -2.55. The van der Waals surface area contributed by atoms with E-state index in [-0.39, 0.29) is 11.4 Å². The van der Waals surface area contributed by atoms with Crippen molar-refractivity contribution in [1.29, 1.82) is 0 Å². The van der Waals surface area contributed by atoms with Crippen LogP contribution in [0, 0.1) is 13.8 Å². The third kappa shape index (κ3) is 5.64. The number of hydrogen-bond acceptors (Lipinski definition) is 7. The van der Waals surface area contributed by atoms with E-state index in [1.54, 1.807) is 59.6 Å². The molecule has 2 aliphatic heterocycles. The van der Waals surface area contributed by atoms with Gasteiger partial charge in [0.1, 0.15) is 18.5 Å². The molecule has 1 saturated heterocycles. The van der Waals surface area contributed by atoms with Crippen LogP contribution in [0.25, 0.3) is 11.8 Å². The number of rotatable bonds is 7. The van der Waals surface area contributed by atoms with Crippen molar-refractivity contribution >= 4 is 22.4 Å². The van der Waals surface area contributed by atoms with Crippen molar-refractivity contribution < 1.29 is 38.3 Å². The summed E-state index contributed by atoms with van der Waals surface area (Å²) in [6.07, 6.45) is 2.36. The number of benzene rings is 2. The zero-order chi connectivity index (χ0) is 29.0. The number of aromatic nitrogens is 2. The molecule has 0 spiro atoms. The first-order valence-corrected chi connectivity index (χ1v) is 14.0. The second-order valence-corrected chi connectivity index (χ2v) is 11.8. The Bertz CT molecular complexity index is 1510. The van der Waals surface area contributed by atoms with Crippen LogP contribution in [0.1, 0.15) is 28.8 Å². The van der Waals surface area contributed by atoms with Crippen LogP contribution < -0.4 is 4.74 Å². The first kappa shape index (κ1) is 27.9. The van der Waals surface area contributed by atoms with E-state index in [0.717, 1.165) is 11.3 Å². The van der Waals surface area contributed by atoms with Crippen molar-refractivity contribution in [1.82, 2.24) is 14.5 Å². The summed E-state index contributed by atoms with van der Waals surface area (Å²) in [7, 11) is -8.79. The number of ether oxygens (including phenoxy) is 1. The highest BCUT2D eigenvalue weighted by Crippen LogP contribution is 2.99. The molecule has 1 fully saturated rings. The summed E-state index contributed by atoms with van der Waals surface area (Å²) in [6.45, 7) is 2.29. The molecule has 8 nitrogen and oxygen atoms in total. The smallest absolute Gasteiger partial charge is 0.397 e. The number of fused-ring (bicyclic) bond motifs is 1. The zero-order valence-electron chi connectivity index (χ0n) is 21.7. The van der Waals surface area contributed by atoms with E-state index in [0.29, 0.717) is 22.6 Å². The predicted molar refractivity (Wildman–Crippen MR) is 141 cm³/mol. The van der Waals surface area contributed by atoms with E-state index in [1.807, 2.05) is 13.8 Å². The Balaban J connectivity index is 1.57. The van der Waals surface area contributed by atoms with Gasteiger partial charge in [-0.05, 0) is 37.6 Å². The standard InChI is InChI=1S/C26H27F5N4O4S/c1-17-4-7-21(8-5-17)26(15-36)35-14-22(38-40(27,28,29,30)31)12-20(25(35)33-39-26)10-19-6-9-23(24(11-19)37-3)34-13-18(2)32-16-34/h4-11,13,16,22,36H,12,14-15H2,1-3H3/b20-10+. The first-order valence-electron chi connectivity index (χ1n) is 12.1. The Kier molecular flexibility index (Phi) is 6.24. The fraction of sp³-hybridized carbons (Fsp3) is 0.308. The largest absolute Gasteiger partial charge is 0.495 e. The number of aryl methyl sites for hydroxylation is 2. The van der Waals surface area contributed by atoms with Gasteiger partial charge in [0, 0.05) is 23.8 Å². The zero-order valence-corrected chi connectivity index (χ0v) is 22.5. The number of aliphatic hydroxyl groups excluding tert-OH is 1. The molecule has 216 valence electrons. The maximum atomic E-state index is 13.5. The van der Waals surface area contributed by atoms with Crippen molar-refractivity contribution in [3.8, 4) is 11.4 Å². The monoisotopic (exact) mass is 586 g/mol. The van der Waals surface area contributed by atoms with Crippen molar-refractivity contribution in [2.45, 2.75) is 32.1 Å². The van der Waals surface area contributed by atoms with Gasteiger partial charge < -0.3 is 24.1 Å². The Morgan fingerprint density at radius 2 is 1.85 bits per heavy atom. The molecule has 3 aromatic rings. The molecule has 0 amide bonds. The van der Waals surface area contributed by atoms with E-state index in [2.05, 4.69) is 14.3 Å². The number of oxime groups is 1. The predicted octanol–water partition coefficient (Wildman–Crippen LogP) is 6.37. The molecular formula is C26H27F5N4O4S. The topological polar surface area (TPSA) is 81.3 Å². The molecule has 2 atom stereocenters. The van der Waals surface area contributed by atoms with E-state index < -0.39 is 41.9 Å². The molecular weight excluding hydrogens is 559 g/mol. The summed E-state index contributed by atoms with van der Waals surface area (Å²) in [5.41, 5.74) is 1.63. The molecule has 2 unspecified atom stereocenters. The summed E-state index contributed by atoms with van der Waals surface area (Å²) >= 11 is 0. The minimum Gasteiger partial charge on any atom is -0.495 e. The fourth-order valence-corrected chi connectivity index (χ4v) is 5.53. The number of imidazole rings is 1. The maximum absolute atomic E-state index is 13.5. The van der Waals surface area contributed by atoms with E-state index in [4.69, 9.17) is 9.57 Å². The molecule has 3 heterocycles. The second-order valence-electron chi connectivity index (χ2n) is 9.77. The van der Waals surface area contributed by atoms with Crippen LogP contribution in [-0.4, -0.2) is 51.8 Å². The van der Waals surface area contributed by atoms with Gasteiger partial charge in [0.15, 0.2) is 5.84 Å². The third-order valence-electron chi connectivity index (χ3n) is 6.67. The Morgan fingerprint density at radius 3 is 2.45 bits per heavy atom. The molecule has 14 heteroatoms. The molecule has 0 aliphatic carbocycles. The van der Waals surface area contributed by atoms with Gasteiger partial charge in [0.2, 0.25) is 0 Å². The van der Waals surface area contributed by atoms with Crippen LogP contribution in [-0.2, 0) is 14.7 Å². The number of hydrogen-bond donors (Lipinski definition) is 1. The van der Waals surface area contributed by atoms with Gasteiger partial charge in [0.25, 0.3) is 5.72 Å². The van der Waals surface area contributed by atoms with Crippen molar-refractivity contribution in [2.75, 3.05) is 20.3 Å². The molecule has 2 aromatic carbocycles. The van der Waals surface area contributed by atoms with E-state index >= 15 is 0 Å². The van der Waals surface area contributed by atoms with Gasteiger partial charge in [0.05, 0.1) is 31.4 Å². The minimum atomic E-state index is -10.3. The van der Waals surface area contributed by atoms with E-state index in [9.17, 15) is 24.5 Å². The van der Waals surface area contributed by atoms with Gasteiger partial charge in [-0.1, -0.05) is 60.5 Å². The van der Waals surface area contributed by atoms with Crippen LogP contribution in [0.5, 0.6) is 5.75 Å². The highest BCUT2D eigenvalue weighted by molar-refractivity contribution is 8.42. The number of amidine groups is 1. The molecule has 40 heavy (non-hydrogen) atoms. The lowest BCUT2D eigenvalue weighted by molar-refractivity contribution is -0.144. The van der Waals surface area contributed by atoms with Gasteiger partial charge in [-0.3, -0.25) is 0 Å². The normalized spacial score (nSPS) is 23.7. The SMILES string of the molecule is COc1cc(/C=C2\CC(OS(F)(F)(F)(F)F)CN3C2=NOC3(CO)c2ccc(C)cc2)ccc1-n1cnc(C)c1. The molecule has 1 N–H and O–H groups in total. The Labute approximate surface area is 227 Å². The second kappa shape index (κ2) is 8.94. The van der Waals surface area contributed by atoms with E-state index in [1.165, 1.54) is 18.1 Å². The summed E-state index contributed by atoms with van der Waals surface area (Å²) in [4.78, 5) is 11.1. The number of halogens is 5. The Morgan fingerprint density at radius 1 is 1.12 bits per heavy atom. The van der Waals surface area contributed by atoms with Crippen LogP contribution in [0.4, 0.5) is 19.4 Å². The number of aliphatic hydroxyl groups is 1. The molecule has 0 bridgehead atoms. The van der Waals surface area contributed by atoms with Crippen LogP contribution in [0.15, 0.2) is 65.7 Å². The summed E-state index contributed by atoms with van der Waals surface area (Å²) in [5.74, 6) is 0.540. The van der Waals surface area contributed by atoms with Crippen LogP contribution in [0.3, 0.4) is 0 Å². The van der Waals surface area contributed by atoms with Crippen molar-refractivity contribution in [3.63, 3.8) is 0 Å². The number of piperidine rings is 1. The molecule has 1 aromatic heterocycles. The lowest BCUT2D eigenvalue weighted by Gasteiger charge is -2.46. The van der Waals surface area contributed by atoms with Crippen LogP contribution >= 0.6 is 10.5 Å². The van der Waals surface area contributed by atoms with Crippen molar-refractivity contribution in [2.24, 2.45) is 5.16 Å². The average Bonchev–Trinajstić information content (AvgIpc) is 3.47. The molecule has 2 aliphatic rings. The van der Waals surface area contributed by atoms with Crippen LogP contribution in [0.2, 0.25) is 0 Å². The summed E-state index contributed by atoms with van der Waals surface area (Å²) < 4.78 is 78.1. The van der Waals surface area contributed by atoms with Crippen molar-refractivity contribution in [3.05, 3.63) is 82.9 Å². The highest BCUT2D eigenvalue weighted by atomic mass is 32.5. The van der Waals surface area contributed by atoms with Gasteiger partial charge in [-0.2, -0.15) is 0 Å². The quantitative estimate of drug-likeness (QED) is 0.324. The van der Waals surface area contributed by atoms with Gasteiger partial charge >= 0.3 is 10.5 Å². The summed E-state index contributed by atoms with van der Waals surface area (Å²) in [5, 5.41) is 14.5. The average molecular weight is 587 g/mol. The maximum Gasteiger partial charge on any atom is 0.397 e. The fourth-order valence-electron chi connectivity index (χ4n) is 4.88. The highest BCUT2D eigenvalue weighted by Gasteiger charge is 2.68. The minimum absolute atomic E-state index is 0.102. The molecule has 0 saturated carbocycles. The molecule has 0 radical (unpaired) electrons.